The third-order valence-electron chi connectivity index (χ3n) is 3.56. The minimum absolute atomic E-state index is 0.164. The van der Waals surface area contributed by atoms with Gasteiger partial charge in [-0.1, -0.05) is 19.9 Å². The molecule has 1 saturated heterocycles. The lowest BCUT2D eigenvalue weighted by atomic mass is 9.88. The summed E-state index contributed by atoms with van der Waals surface area (Å²) in [6, 6.07) is 4.33. The highest BCUT2D eigenvalue weighted by molar-refractivity contribution is 5.92. The fourth-order valence-corrected chi connectivity index (χ4v) is 2.14. The van der Waals surface area contributed by atoms with Gasteiger partial charge < -0.3 is 4.90 Å². The van der Waals surface area contributed by atoms with Gasteiger partial charge in [-0.25, -0.2) is 4.98 Å². The Morgan fingerprint density at radius 3 is 2.82 bits per heavy atom. The summed E-state index contributed by atoms with van der Waals surface area (Å²) < 4.78 is 13.0. The highest BCUT2D eigenvalue weighted by Crippen LogP contribution is 2.23. The van der Waals surface area contributed by atoms with E-state index in [2.05, 4.69) is 18.8 Å². The van der Waals surface area contributed by atoms with Crippen molar-refractivity contribution in [2.75, 3.05) is 13.1 Å². The van der Waals surface area contributed by atoms with Crippen LogP contribution in [-0.2, 0) is 0 Å². The third-order valence-corrected chi connectivity index (χ3v) is 3.56. The fourth-order valence-electron chi connectivity index (χ4n) is 2.14. The van der Waals surface area contributed by atoms with Crippen LogP contribution in [0, 0.1) is 17.8 Å². The quantitative estimate of drug-likeness (QED) is 0.701. The molecule has 0 radical (unpaired) electrons. The van der Waals surface area contributed by atoms with Crippen molar-refractivity contribution in [3.05, 3.63) is 29.8 Å². The molecule has 1 aromatic rings. The lowest BCUT2D eigenvalue weighted by molar-refractivity contribution is 0.0620. The van der Waals surface area contributed by atoms with Gasteiger partial charge in [0.2, 0.25) is 5.95 Å². The van der Waals surface area contributed by atoms with E-state index in [0.717, 1.165) is 19.5 Å². The van der Waals surface area contributed by atoms with Crippen LogP contribution in [-0.4, -0.2) is 28.9 Å². The SMILES string of the molecule is CC1CCN(C(=O)c2cccc(F)n2)CC1C. The lowest BCUT2D eigenvalue weighted by Gasteiger charge is -2.35. The maximum absolute atomic E-state index is 13.0. The summed E-state index contributed by atoms with van der Waals surface area (Å²) in [6.45, 7) is 5.82. The van der Waals surface area contributed by atoms with Gasteiger partial charge in [0, 0.05) is 13.1 Å². The first-order chi connectivity index (χ1) is 8.08. The van der Waals surface area contributed by atoms with Crippen LogP contribution in [0.1, 0.15) is 30.8 Å². The van der Waals surface area contributed by atoms with Gasteiger partial charge in [0.1, 0.15) is 5.69 Å². The molecule has 0 spiro atoms. The number of halogens is 1. The number of aromatic nitrogens is 1. The average molecular weight is 236 g/mol. The zero-order valence-corrected chi connectivity index (χ0v) is 10.2. The van der Waals surface area contributed by atoms with E-state index >= 15 is 0 Å². The molecule has 0 aliphatic carbocycles. The summed E-state index contributed by atoms with van der Waals surface area (Å²) >= 11 is 0. The summed E-state index contributed by atoms with van der Waals surface area (Å²) in [5.74, 6) is 0.360. The molecule has 1 aromatic heterocycles. The molecular formula is C13H17FN2O. The van der Waals surface area contributed by atoms with Gasteiger partial charge in [0.05, 0.1) is 0 Å². The predicted molar refractivity (Wildman–Crippen MR) is 63.0 cm³/mol. The van der Waals surface area contributed by atoms with E-state index in [1.807, 2.05) is 0 Å². The van der Waals surface area contributed by atoms with Crippen molar-refractivity contribution in [3.63, 3.8) is 0 Å². The number of carbonyl (C=O) groups is 1. The second kappa shape index (κ2) is 4.82. The van der Waals surface area contributed by atoms with Gasteiger partial charge in [-0.05, 0) is 30.4 Å². The van der Waals surface area contributed by atoms with Crippen molar-refractivity contribution in [2.45, 2.75) is 20.3 Å². The Morgan fingerprint density at radius 1 is 1.41 bits per heavy atom. The third kappa shape index (κ3) is 2.62. The molecule has 2 atom stereocenters. The van der Waals surface area contributed by atoms with Crippen LogP contribution in [0.3, 0.4) is 0 Å². The molecule has 1 fully saturated rings. The second-order valence-corrected chi connectivity index (χ2v) is 4.84. The molecule has 2 rings (SSSR count). The topological polar surface area (TPSA) is 33.2 Å². The Bertz CT molecular complexity index is 422. The monoisotopic (exact) mass is 236 g/mol. The Labute approximate surface area is 101 Å². The van der Waals surface area contributed by atoms with E-state index in [4.69, 9.17) is 0 Å². The van der Waals surface area contributed by atoms with Gasteiger partial charge in [0.25, 0.3) is 5.91 Å². The van der Waals surface area contributed by atoms with E-state index in [9.17, 15) is 9.18 Å². The number of hydrogen-bond acceptors (Lipinski definition) is 2. The van der Waals surface area contributed by atoms with Gasteiger partial charge in [0.15, 0.2) is 0 Å². The number of piperidine rings is 1. The van der Waals surface area contributed by atoms with Crippen molar-refractivity contribution >= 4 is 5.91 Å². The van der Waals surface area contributed by atoms with E-state index in [-0.39, 0.29) is 11.6 Å². The smallest absolute Gasteiger partial charge is 0.272 e. The van der Waals surface area contributed by atoms with E-state index < -0.39 is 5.95 Å². The maximum Gasteiger partial charge on any atom is 0.272 e. The van der Waals surface area contributed by atoms with Crippen LogP contribution in [0.25, 0.3) is 0 Å². The average Bonchev–Trinajstić information content (AvgIpc) is 2.32. The molecule has 4 heteroatoms. The molecule has 17 heavy (non-hydrogen) atoms. The molecule has 1 amide bonds. The van der Waals surface area contributed by atoms with Crippen LogP contribution in [0.5, 0.6) is 0 Å². The summed E-state index contributed by atoms with van der Waals surface area (Å²) in [4.78, 5) is 17.5. The number of likely N-dealkylation sites (tertiary alicyclic amines) is 1. The van der Waals surface area contributed by atoms with Crippen LogP contribution >= 0.6 is 0 Å². The zero-order valence-electron chi connectivity index (χ0n) is 10.2. The van der Waals surface area contributed by atoms with Gasteiger partial charge in [-0.3, -0.25) is 4.79 Å². The van der Waals surface area contributed by atoms with Crippen LogP contribution in [0.15, 0.2) is 18.2 Å². The van der Waals surface area contributed by atoms with E-state index in [1.54, 1.807) is 11.0 Å². The van der Waals surface area contributed by atoms with Gasteiger partial charge in [-0.2, -0.15) is 4.39 Å². The van der Waals surface area contributed by atoms with Crippen LogP contribution in [0.4, 0.5) is 4.39 Å². The molecular weight excluding hydrogens is 219 g/mol. The molecule has 1 aliphatic rings. The number of pyridine rings is 1. The molecule has 0 N–H and O–H groups in total. The van der Waals surface area contributed by atoms with Crippen LogP contribution < -0.4 is 0 Å². The molecule has 2 unspecified atom stereocenters. The van der Waals surface area contributed by atoms with E-state index in [1.165, 1.54) is 12.1 Å². The molecule has 92 valence electrons. The highest BCUT2D eigenvalue weighted by atomic mass is 19.1. The zero-order chi connectivity index (χ0) is 12.4. The summed E-state index contributed by atoms with van der Waals surface area (Å²) in [7, 11) is 0. The first-order valence-electron chi connectivity index (χ1n) is 5.99. The molecule has 0 bridgehead atoms. The maximum atomic E-state index is 13.0. The molecule has 2 heterocycles. The lowest BCUT2D eigenvalue weighted by Crippen LogP contribution is -2.42. The Balaban J connectivity index is 2.10. The largest absolute Gasteiger partial charge is 0.337 e. The number of rotatable bonds is 1. The number of amides is 1. The fraction of sp³-hybridized carbons (Fsp3) is 0.538. The normalized spacial score (nSPS) is 24.8. The highest BCUT2D eigenvalue weighted by Gasteiger charge is 2.27. The molecule has 0 saturated carbocycles. The number of carbonyl (C=O) groups excluding carboxylic acids is 1. The van der Waals surface area contributed by atoms with Crippen LogP contribution in [0.2, 0.25) is 0 Å². The Kier molecular flexibility index (Phi) is 3.41. The van der Waals surface area contributed by atoms with Crippen molar-refractivity contribution < 1.29 is 9.18 Å². The minimum Gasteiger partial charge on any atom is -0.337 e. The molecule has 3 nitrogen and oxygen atoms in total. The second-order valence-electron chi connectivity index (χ2n) is 4.84. The Morgan fingerprint density at radius 2 is 2.18 bits per heavy atom. The standard InChI is InChI=1S/C13H17FN2O/c1-9-6-7-16(8-10(9)2)13(17)11-4-3-5-12(14)15-11/h3-5,9-10H,6-8H2,1-2H3. The number of hydrogen-bond donors (Lipinski definition) is 0. The van der Waals surface area contributed by atoms with Crippen molar-refractivity contribution in [2.24, 2.45) is 11.8 Å². The molecule has 0 aromatic carbocycles. The Hall–Kier alpha value is -1.45. The van der Waals surface area contributed by atoms with Crippen molar-refractivity contribution in [3.8, 4) is 0 Å². The molecule has 1 aliphatic heterocycles. The predicted octanol–water partition coefficient (Wildman–Crippen LogP) is 2.34. The summed E-state index contributed by atoms with van der Waals surface area (Å²) in [6.07, 6.45) is 1.00. The number of nitrogens with zero attached hydrogens (tertiary/aromatic N) is 2. The van der Waals surface area contributed by atoms with Crippen molar-refractivity contribution in [1.82, 2.24) is 9.88 Å². The minimum atomic E-state index is -0.603. The van der Waals surface area contributed by atoms with E-state index in [0.29, 0.717) is 11.8 Å². The van der Waals surface area contributed by atoms with Crippen molar-refractivity contribution in [1.29, 1.82) is 0 Å². The van der Waals surface area contributed by atoms with Gasteiger partial charge in [-0.15, -0.1) is 0 Å². The first-order valence-corrected chi connectivity index (χ1v) is 5.99. The summed E-state index contributed by atoms with van der Waals surface area (Å²) in [5.41, 5.74) is 0.201. The summed E-state index contributed by atoms with van der Waals surface area (Å²) in [5, 5.41) is 0. The first kappa shape index (κ1) is 12.0. The van der Waals surface area contributed by atoms with Gasteiger partial charge >= 0.3 is 0 Å².